The summed E-state index contributed by atoms with van der Waals surface area (Å²) in [4.78, 5) is 13.7. The van der Waals surface area contributed by atoms with E-state index in [2.05, 4.69) is 15.9 Å². The number of sulfonamides is 1. The van der Waals surface area contributed by atoms with Gasteiger partial charge in [0.2, 0.25) is 15.9 Å². The van der Waals surface area contributed by atoms with Crippen molar-refractivity contribution in [1.29, 1.82) is 0 Å². The normalized spacial score (nSPS) is 20.1. The maximum atomic E-state index is 12.5. The summed E-state index contributed by atoms with van der Waals surface area (Å²) in [6.45, 7) is 0.651. The highest BCUT2D eigenvalue weighted by atomic mass is 79.9. The van der Waals surface area contributed by atoms with Crippen molar-refractivity contribution in [1.82, 2.24) is 9.21 Å². The molecule has 1 heterocycles. The van der Waals surface area contributed by atoms with Gasteiger partial charge in [-0.15, -0.1) is 0 Å². The van der Waals surface area contributed by atoms with Gasteiger partial charge in [-0.05, 0) is 30.7 Å². The molecular formula is C13H17BrN2O3S. The summed E-state index contributed by atoms with van der Waals surface area (Å²) in [5, 5.41) is 0. The fraction of sp³-hybridized carbons (Fsp3) is 0.462. The van der Waals surface area contributed by atoms with Crippen LogP contribution < -0.4 is 0 Å². The number of amides is 1. The molecular weight excluding hydrogens is 344 g/mol. The highest BCUT2D eigenvalue weighted by Crippen LogP contribution is 2.26. The summed E-state index contributed by atoms with van der Waals surface area (Å²) in [5.74, 6) is -0.256. The van der Waals surface area contributed by atoms with E-state index in [1.165, 1.54) is 9.21 Å². The Morgan fingerprint density at radius 2 is 1.90 bits per heavy atom. The summed E-state index contributed by atoms with van der Waals surface area (Å²) in [7, 11) is -0.128. The molecule has 0 aliphatic carbocycles. The van der Waals surface area contributed by atoms with Crippen LogP contribution in [-0.2, 0) is 14.8 Å². The zero-order valence-corrected chi connectivity index (χ0v) is 13.8. The van der Waals surface area contributed by atoms with E-state index < -0.39 is 10.0 Å². The molecule has 5 nitrogen and oxygen atoms in total. The van der Waals surface area contributed by atoms with E-state index in [1.54, 1.807) is 38.4 Å². The summed E-state index contributed by atoms with van der Waals surface area (Å²) >= 11 is 3.28. The van der Waals surface area contributed by atoms with Crippen LogP contribution in [0.1, 0.15) is 6.42 Å². The van der Waals surface area contributed by atoms with E-state index in [9.17, 15) is 13.2 Å². The topological polar surface area (TPSA) is 57.7 Å². The third-order valence-corrected chi connectivity index (χ3v) is 5.80. The lowest BCUT2D eigenvalue weighted by Gasteiger charge is -2.18. The van der Waals surface area contributed by atoms with Crippen molar-refractivity contribution in [3.63, 3.8) is 0 Å². The third-order valence-electron chi connectivity index (χ3n) is 3.39. The molecule has 2 rings (SSSR count). The minimum absolute atomic E-state index is 0.0153. The average Bonchev–Trinajstić information content (AvgIpc) is 2.88. The Morgan fingerprint density at radius 1 is 1.30 bits per heavy atom. The molecule has 0 bridgehead atoms. The minimum atomic E-state index is -3.51. The van der Waals surface area contributed by atoms with Crippen molar-refractivity contribution in [3.05, 3.63) is 28.7 Å². The van der Waals surface area contributed by atoms with Gasteiger partial charge in [0.25, 0.3) is 0 Å². The molecule has 110 valence electrons. The van der Waals surface area contributed by atoms with Crippen molar-refractivity contribution < 1.29 is 13.2 Å². The number of halogens is 1. The van der Waals surface area contributed by atoms with Gasteiger partial charge in [-0.3, -0.25) is 4.79 Å². The van der Waals surface area contributed by atoms with Gasteiger partial charge in [-0.2, -0.15) is 4.31 Å². The first kappa shape index (κ1) is 15.5. The smallest absolute Gasteiger partial charge is 0.243 e. The zero-order chi connectivity index (χ0) is 14.9. The lowest BCUT2D eigenvalue weighted by Crippen LogP contribution is -2.34. The first-order valence-electron chi connectivity index (χ1n) is 6.29. The van der Waals surface area contributed by atoms with Gasteiger partial charge in [-0.1, -0.05) is 15.9 Å². The minimum Gasteiger partial charge on any atom is -0.349 e. The summed E-state index contributed by atoms with van der Waals surface area (Å²) in [5.41, 5.74) is 0. The number of rotatable bonds is 3. The van der Waals surface area contributed by atoms with Crippen LogP contribution in [0.3, 0.4) is 0 Å². The van der Waals surface area contributed by atoms with Crippen LogP contribution in [0.2, 0.25) is 0 Å². The van der Waals surface area contributed by atoms with E-state index in [0.29, 0.717) is 13.0 Å². The second-order valence-electron chi connectivity index (χ2n) is 5.04. The predicted molar refractivity (Wildman–Crippen MR) is 79.7 cm³/mol. The molecule has 0 saturated carbocycles. The van der Waals surface area contributed by atoms with Crippen LogP contribution >= 0.6 is 15.9 Å². The average molecular weight is 361 g/mol. The van der Waals surface area contributed by atoms with Gasteiger partial charge < -0.3 is 4.90 Å². The summed E-state index contributed by atoms with van der Waals surface area (Å²) < 4.78 is 27.2. The Kier molecular flexibility index (Phi) is 4.51. The molecule has 1 aromatic carbocycles. The Hall–Kier alpha value is -0.920. The molecule has 7 heteroatoms. The van der Waals surface area contributed by atoms with E-state index in [1.807, 2.05) is 0 Å². The number of benzene rings is 1. The number of hydrogen-bond acceptors (Lipinski definition) is 3. The van der Waals surface area contributed by atoms with Gasteiger partial charge >= 0.3 is 0 Å². The lowest BCUT2D eigenvalue weighted by molar-refractivity contribution is -0.132. The van der Waals surface area contributed by atoms with Gasteiger partial charge in [0, 0.05) is 31.7 Å². The fourth-order valence-corrected chi connectivity index (χ4v) is 4.03. The number of nitrogens with zero attached hydrogens (tertiary/aromatic N) is 2. The first-order chi connectivity index (χ1) is 9.32. The SMILES string of the molecule is CN(C)C(=O)C1CCN(S(=O)(=O)c2ccc(Br)cc2)C1. The van der Waals surface area contributed by atoms with Crippen molar-refractivity contribution in [2.45, 2.75) is 11.3 Å². The van der Waals surface area contributed by atoms with Crippen molar-refractivity contribution in [2.75, 3.05) is 27.2 Å². The monoisotopic (exact) mass is 360 g/mol. The molecule has 1 aliphatic heterocycles. The maximum absolute atomic E-state index is 12.5. The molecule has 20 heavy (non-hydrogen) atoms. The molecule has 0 aromatic heterocycles. The number of carbonyl (C=O) groups is 1. The van der Waals surface area contributed by atoms with Crippen LogP contribution in [0.5, 0.6) is 0 Å². The van der Waals surface area contributed by atoms with E-state index in [4.69, 9.17) is 0 Å². The van der Waals surface area contributed by atoms with Crippen molar-refractivity contribution in [2.24, 2.45) is 5.92 Å². The van der Waals surface area contributed by atoms with Crippen LogP contribution in [-0.4, -0.2) is 50.7 Å². The van der Waals surface area contributed by atoms with Crippen LogP contribution in [0, 0.1) is 5.92 Å². The van der Waals surface area contributed by atoms with E-state index in [-0.39, 0.29) is 23.3 Å². The van der Waals surface area contributed by atoms with Gasteiger partial charge in [0.15, 0.2) is 0 Å². The summed E-state index contributed by atoms with van der Waals surface area (Å²) in [6, 6.07) is 6.54. The second kappa shape index (κ2) is 5.83. The van der Waals surface area contributed by atoms with Gasteiger partial charge in [0.1, 0.15) is 0 Å². The Bertz CT molecular complexity index is 599. The Balaban J connectivity index is 2.16. The van der Waals surface area contributed by atoms with Gasteiger partial charge in [0.05, 0.1) is 10.8 Å². The molecule has 1 amide bonds. The highest BCUT2D eigenvalue weighted by molar-refractivity contribution is 9.10. The fourth-order valence-electron chi connectivity index (χ4n) is 2.27. The zero-order valence-electron chi connectivity index (χ0n) is 11.4. The van der Waals surface area contributed by atoms with Crippen molar-refractivity contribution in [3.8, 4) is 0 Å². The molecule has 1 aromatic rings. The standard InChI is InChI=1S/C13H17BrN2O3S/c1-15(2)13(17)10-7-8-16(9-10)20(18,19)12-5-3-11(14)4-6-12/h3-6,10H,7-9H2,1-2H3. The number of hydrogen-bond donors (Lipinski definition) is 0. The Labute approximate surface area is 127 Å². The molecule has 1 fully saturated rings. The highest BCUT2D eigenvalue weighted by Gasteiger charge is 2.36. The Morgan fingerprint density at radius 3 is 2.45 bits per heavy atom. The molecule has 0 N–H and O–H groups in total. The molecule has 1 unspecified atom stereocenters. The summed E-state index contributed by atoms with van der Waals surface area (Å²) in [6.07, 6.45) is 0.576. The van der Waals surface area contributed by atoms with Crippen LogP contribution in [0.4, 0.5) is 0 Å². The largest absolute Gasteiger partial charge is 0.349 e. The molecule has 0 radical (unpaired) electrons. The van der Waals surface area contributed by atoms with E-state index >= 15 is 0 Å². The molecule has 0 spiro atoms. The third kappa shape index (κ3) is 3.05. The van der Waals surface area contributed by atoms with Crippen molar-refractivity contribution >= 4 is 31.9 Å². The second-order valence-corrected chi connectivity index (χ2v) is 7.89. The molecule has 1 aliphatic rings. The van der Waals surface area contributed by atoms with E-state index in [0.717, 1.165) is 4.47 Å². The quantitative estimate of drug-likeness (QED) is 0.821. The molecule has 1 saturated heterocycles. The maximum Gasteiger partial charge on any atom is 0.243 e. The predicted octanol–water partition coefficient (Wildman–Crippen LogP) is 1.55. The van der Waals surface area contributed by atoms with Crippen LogP contribution in [0.25, 0.3) is 0 Å². The van der Waals surface area contributed by atoms with Crippen LogP contribution in [0.15, 0.2) is 33.6 Å². The number of carbonyl (C=O) groups excluding carboxylic acids is 1. The lowest BCUT2D eigenvalue weighted by atomic mass is 10.1. The molecule has 1 atom stereocenters. The first-order valence-corrected chi connectivity index (χ1v) is 8.52. The van der Waals surface area contributed by atoms with Gasteiger partial charge in [-0.25, -0.2) is 8.42 Å².